The van der Waals surface area contributed by atoms with Gasteiger partial charge in [-0.05, 0) is 13.0 Å². The normalized spacial score (nSPS) is 10.7. The number of H-pyrrole nitrogens is 1. The number of nitrogens with one attached hydrogen (secondary N) is 1. The van der Waals surface area contributed by atoms with Crippen molar-refractivity contribution < 1.29 is 9.59 Å². The largest absolute Gasteiger partial charge is 0.358 e. The summed E-state index contributed by atoms with van der Waals surface area (Å²) in [5.41, 5.74) is 2.48. The van der Waals surface area contributed by atoms with E-state index in [-0.39, 0.29) is 0 Å². The van der Waals surface area contributed by atoms with E-state index in [0.29, 0.717) is 11.1 Å². The fraction of sp³-hybridized carbons (Fsp3) is 0.0588. The molecule has 0 spiro atoms. The van der Waals surface area contributed by atoms with Crippen LogP contribution in [0, 0.1) is 6.92 Å². The van der Waals surface area contributed by atoms with Crippen molar-refractivity contribution in [1.29, 1.82) is 0 Å². The van der Waals surface area contributed by atoms with Crippen LogP contribution in [0.25, 0.3) is 10.9 Å². The van der Waals surface area contributed by atoms with E-state index in [1.54, 1.807) is 24.3 Å². The Morgan fingerprint density at radius 2 is 1.50 bits per heavy atom. The van der Waals surface area contributed by atoms with Crippen LogP contribution in [0.15, 0.2) is 54.6 Å². The zero-order valence-electron chi connectivity index (χ0n) is 11.0. The standard InChI is InChI=1S/C17H13NO2/c1-11-15(13-9-5-6-10-14(13)18-11)17(20)16(19)12-7-3-2-4-8-12/h2-10,18H,1H3. The molecule has 0 aliphatic carbocycles. The predicted octanol–water partition coefficient (Wildman–Crippen LogP) is 3.54. The monoisotopic (exact) mass is 263 g/mol. The highest BCUT2D eigenvalue weighted by Gasteiger charge is 2.23. The molecule has 3 aromatic rings. The molecule has 0 aliphatic heterocycles. The second kappa shape index (κ2) is 4.78. The van der Waals surface area contributed by atoms with Gasteiger partial charge in [-0.15, -0.1) is 0 Å². The van der Waals surface area contributed by atoms with E-state index in [9.17, 15) is 9.59 Å². The van der Waals surface area contributed by atoms with Crippen LogP contribution in [0.5, 0.6) is 0 Å². The zero-order chi connectivity index (χ0) is 14.1. The van der Waals surface area contributed by atoms with Crippen LogP contribution in [0.1, 0.15) is 26.4 Å². The maximum atomic E-state index is 12.5. The number of benzene rings is 2. The average Bonchev–Trinajstić information content (AvgIpc) is 2.82. The molecule has 1 heterocycles. The van der Waals surface area contributed by atoms with Gasteiger partial charge in [0, 0.05) is 22.2 Å². The maximum absolute atomic E-state index is 12.5. The van der Waals surface area contributed by atoms with Gasteiger partial charge in [0.1, 0.15) is 0 Å². The molecular weight excluding hydrogens is 250 g/mol. The van der Waals surface area contributed by atoms with E-state index in [1.807, 2.05) is 37.3 Å². The number of Topliss-reactive ketones (excluding diaryl/α,β-unsaturated/α-hetero) is 2. The molecule has 0 unspecified atom stereocenters. The number of ketones is 2. The van der Waals surface area contributed by atoms with Crippen molar-refractivity contribution in [2.24, 2.45) is 0 Å². The van der Waals surface area contributed by atoms with Crippen molar-refractivity contribution in [2.75, 3.05) is 0 Å². The molecule has 20 heavy (non-hydrogen) atoms. The van der Waals surface area contributed by atoms with Crippen LogP contribution in [0.2, 0.25) is 0 Å². The fourth-order valence-electron chi connectivity index (χ4n) is 2.40. The van der Waals surface area contributed by atoms with Crippen LogP contribution in [0.4, 0.5) is 0 Å². The number of aromatic amines is 1. The average molecular weight is 263 g/mol. The van der Waals surface area contributed by atoms with Gasteiger partial charge in [0.2, 0.25) is 11.6 Å². The first-order valence-electron chi connectivity index (χ1n) is 6.40. The molecule has 2 aromatic carbocycles. The Balaban J connectivity index is 2.10. The van der Waals surface area contributed by atoms with Gasteiger partial charge >= 0.3 is 0 Å². The van der Waals surface area contributed by atoms with Crippen LogP contribution >= 0.6 is 0 Å². The summed E-state index contributed by atoms with van der Waals surface area (Å²) in [5.74, 6) is -0.940. The molecule has 1 aromatic heterocycles. The molecule has 0 aliphatic rings. The van der Waals surface area contributed by atoms with E-state index < -0.39 is 11.6 Å². The highest BCUT2D eigenvalue weighted by atomic mass is 16.2. The smallest absolute Gasteiger partial charge is 0.235 e. The second-order valence-electron chi connectivity index (χ2n) is 4.69. The van der Waals surface area contributed by atoms with Gasteiger partial charge in [0.15, 0.2) is 0 Å². The van der Waals surface area contributed by atoms with Gasteiger partial charge in [0.25, 0.3) is 0 Å². The molecule has 0 atom stereocenters. The Morgan fingerprint density at radius 1 is 0.850 bits per heavy atom. The third-order valence-corrected chi connectivity index (χ3v) is 3.36. The molecule has 0 saturated heterocycles. The minimum Gasteiger partial charge on any atom is -0.358 e. The third kappa shape index (κ3) is 1.93. The van der Waals surface area contributed by atoms with Gasteiger partial charge in [-0.2, -0.15) is 0 Å². The quantitative estimate of drug-likeness (QED) is 0.580. The molecule has 98 valence electrons. The second-order valence-corrected chi connectivity index (χ2v) is 4.69. The Labute approximate surface area is 116 Å². The number of para-hydroxylation sites is 1. The number of carbonyl (C=O) groups excluding carboxylic acids is 2. The number of hydrogen-bond donors (Lipinski definition) is 1. The molecule has 0 amide bonds. The summed E-state index contributed by atoms with van der Waals surface area (Å²) in [6, 6.07) is 16.1. The van der Waals surface area contributed by atoms with Gasteiger partial charge in [0.05, 0.1) is 5.56 Å². The lowest BCUT2D eigenvalue weighted by Crippen LogP contribution is -2.15. The molecule has 0 fully saturated rings. The number of rotatable bonds is 3. The topological polar surface area (TPSA) is 49.9 Å². The van der Waals surface area contributed by atoms with Crippen molar-refractivity contribution >= 4 is 22.5 Å². The van der Waals surface area contributed by atoms with Crippen molar-refractivity contribution in [3.63, 3.8) is 0 Å². The molecule has 1 N–H and O–H groups in total. The summed E-state index contributed by atoms with van der Waals surface area (Å²) < 4.78 is 0. The number of fused-ring (bicyclic) bond motifs is 1. The third-order valence-electron chi connectivity index (χ3n) is 3.36. The van der Waals surface area contributed by atoms with Crippen LogP contribution in [0.3, 0.4) is 0 Å². The van der Waals surface area contributed by atoms with E-state index >= 15 is 0 Å². The first-order chi connectivity index (χ1) is 9.68. The number of aryl methyl sites for hydroxylation is 1. The number of carbonyl (C=O) groups is 2. The van der Waals surface area contributed by atoms with Gasteiger partial charge in [-0.3, -0.25) is 9.59 Å². The predicted molar refractivity (Wildman–Crippen MR) is 78.1 cm³/mol. The van der Waals surface area contributed by atoms with E-state index in [1.165, 1.54) is 0 Å². The fourth-order valence-corrected chi connectivity index (χ4v) is 2.40. The molecule has 0 bridgehead atoms. The Hall–Kier alpha value is -2.68. The van der Waals surface area contributed by atoms with Crippen molar-refractivity contribution in [3.8, 4) is 0 Å². The van der Waals surface area contributed by atoms with Gasteiger partial charge in [-0.25, -0.2) is 0 Å². The number of hydrogen-bond acceptors (Lipinski definition) is 2. The summed E-state index contributed by atoms with van der Waals surface area (Å²) in [6.45, 7) is 1.81. The summed E-state index contributed by atoms with van der Waals surface area (Å²) in [6.07, 6.45) is 0. The summed E-state index contributed by atoms with van der Waals surface area (Å²) in [7, 11) is 0. The minimum atomic E-state index is -0.474. The molecule has 0 saturated carbocycles. The maximum Gasteiger partial charge on any atom is 0.235 e. The van der Waals surface area contributed by atoms with Crippen molar-refractivity contribution in [3.05, 3.63) is 71.4 Å². The molecule has 3 heteroatoms. The van der Waals surface area contributed by atoms with Crippen LogP contribution in [-0.4, -0.2) is 16.6 Å². The lowest BCUT2D eigenvalue weighted by molar-refractivity contribution is 0.0817. The van der Waals surface area contributed by atoms with Gasteiger partial charge < -0.3 is 4.98 Å². The van der Waals surface area contributed by atoms with Gasteiger partial charge in [-0.1, -0.05) is 48.5 Å². The van der Waals surface area contributed by atoms with Crippen molar-refractivity contribution in [1.82, 2.24) is 4.98 Å². The number of aromatic nitrogens is 1. The van der Waals surface area contributed by atoms with E-state index in [0.717, 1.165) is 16.6 Å². The first kappa shape index (κ1) is 12.4. The molecule has 0 radical (unpaired) electrons. The minimum absolute atomic E-state index is 0.419. The summed E-state index contributed by atoms with van der Waals surface area (Å²) >= 11 is 0. The Bertz CT molecular complexity index is 800. The molecule has 3 nitrogen and oxygen atoms in total. The Kier molecular flexibility index (Phi) is 2.95. The van der Waals surface area contributed by atoms with Crippen molar-refractivity contribution in [2.45, 2.75) is 6.92 Å². The van der Waals surface area contributed by atoms with Crippen LogP contribution < -0.4 is 0 Å². The van der Waals surface area contributed by atoms with E-state index in [4.69, 9.17) is 0 Å². The summed E-state index contributed by atoms with van der Waals surface area (Å²) in [5, 5.41) is 0.791. The SMILES string of the molecule is Cc1[nH]c2ccccc2c1C(=O)C(=O)c1ccccc1. The highest BCUT2D eigenvalue weighted by molar-refractivity contribution is 6.51. The lowest BCUT2D eigenvalue weighted by atomic mass is 9.99. The zero-order valence-corrected chi connectivity index (χ0v) is 11.0. The van der Waals surface area contributed by atoms with E-state index in [2.05, 4.69) is 4.98 Å². The molecule has 3 rings (SSSR count). The van der Waals surface area contributed by atoms with Crippen LogP contribution in [-0.2, 0) is 0 Å². The lowest BCUT2D eigenvalue weighted by Gasteiger charge is -2.01. The molecular formula is C17H13NO2. The Morgan fingerprint density at radius 3 is 2.25 bits per heavy atom. The first-order valence-corrected chi connectivity index (χ1v) is 6.40. The highest BCUT2D eigenvalue weighted by Crippen LogP contribution is 2.23. The summed E-state index contributed by atoms with van der Waals surface area (Å²) in [4.78, 5) is 27.9.